The molecule has 0 radical (unpaired) electrons. The Labute approximate surface area is 206 Å². The van der Waals surface area contributed by atoms with Gasteiger partial charge in [-0.25, -0.2) is 0 Å². The first kappa shape index (κ1) is 26.3. The van der Waals surface area contributed by atoms with Crippen LogP contribution in [0, 0.1) is 11.8 Å². The third-order valence-corrected chi connectivity index (χ3v) is 6.50. The molecule has 0 fully saturated rings. The highest BCUT2D eigenvalue weighted by Gasteiger charge is 2.39. The van der Waals surface area contributed by atoms with Gasteiger partial charge in [-0.05, 0) is 49.9 Å². The van der Waals surface area contributed by atoms with Crippen molar-refractivity contribution in [2.45, 2.75) is 59.2 Å². The number of rotatable bonds is 11. The highest BCUT2D eigenvalue weighted by atomic mass is 16.3. The van der Waals surface area contributed by atoms with Crippen molar-refractivity contribution in [2.24, 2.45) is 23.3 Å². The Morgan fingerprint density at radius 2 is 1.91 bits per heavy atom. The van der Waals surface area contributed by atoms with Crippen molar-refractivity contribution in [1.29, 1.82) is 0 Å². The zero-order valence-corrected chi connectivity index (χ0v) is 21.0. The van der Waals surface area contributed by atoms with Crippen LogP contribution >= 0.6 is 0 Å². The first-order valence-corrected chi connectivity index (χ1v) is 12.2. The number of hydrogen-bond donors (Lipinski definition) is 3. The predicted molar refractivity (Wildman–Crippen MR) is 136 cm³/mol. The number of nitrogens with one attached hydrogen (secondary N) is 1. The molecule has 0 spiro atoms. The van der Waals surface area contributed by atoms with Gasteiger partial charge in [0.25, 0.3) is 0 Å². The zero-order valence-electron chi connectivity index (χ0n) is 21.0. The normalized spacial score (nSPS) is 17.1. The fourth-order valence-electron chi connectivity index (χ4n) is 4.71. The topological polar surface area (TPSA) is 135 Å². The molecule has 3 unspecified atom stereocenters. The molecule has 35 heavy (non-hydrogen) atoms. The summed E-state index contributed by atoms with van der Waals surface area (Å²) in [6.07, 6.45) is 2.29. The van der Waals surface area contributed by atoms with Crippen LogP contribution in [-0.4, -0.2) is 42.9 Å². The van der Waals surface area contributed by atoms with Gasteiger partial charge in [0.15, 0.2) is 0 Å². The van der Waals surface area contributed by atoms with Crippen LogP contribution in [0.5, 0.6) is 0 Å². The van der Waals surface area contributed by atoms with E-state index in [1.54, 1.807) is 17.2 Å². The molecule has 2 heterocycles. The van der Waals surface area contributed by atoms with Crippen molar-refractivity contribution in [1.82, 2.24) is 5.32 Å². The second kappa shape index (κ2) is 11.4. The van der Waals surface area contributed by atoms with Crippen LogP contribution in [0.2, 0.25) is 0 Å². The second-order valence-corrected chi connectivity index (χ2v) is 9.39. The molecule has 190 valence electrons. The summed E-state index contributed by atoms with van der Waals surface area (Å²) in [4.78, 5) is 42.7. The minimum absolute atomic E-state index is 0.117. The van der Waals surface area contributed by atoms with Crippen molar-refractivity contribution in [3.05, 3.63) is 47.9 Å². The summed E-state index contributed by atoms with van der Waals surface area (Å²) < 4.78 is 5.55. The number of anilines is 2. The van der Waals surface area contributed by atoms with E-state index >= 15 is 0 Å². The van der Waals surface area contributed by atoms with Crippen molar-refractivity contribution in [2.75, 3.05) is 22.9 Å². The minimum atomic E-state index is -1.13. The third kappa shape index (κ3) is 5.85. The van der Waals surface area contributed by atoms with Crippen molar-refractivity contribution in [3.63, 3.8) is 0 Å². The van der Waals surface area contributed by atoms with Crippen LogP contribution in [0.3, 0.4) is 0 Å². The van der Waals surface area contributed by atoms with Crippen LogP contribution in [0.4, 0.5) is 11.4 Å². The van der Waals surface area contributed by atoms with E-state index < -0.39 is 29.8 Å². The van der Waals surface area contributed by atoms with E-state index in [2.05, 4.69) is 24.1 Å². The fraction of sp³-hybridized carbons (Fsp3) is 0.500. The number of carbonyl (C=O) groups is 3. The lowest BCUT2D eigenvalue weighted by Gasteiger charge is -2.38. The van der Waals surface area contributed by atoms with E-state index in [4.69, 9.17) is 15.9 Å². The average molecular weight is 484 g/mol. The fourth-order valence-corrected chi connectivity index (χ4v) is 4.71. The Kier molecular flexibility index (Phi) is 8.56. The lowest BCUT2D eigenvalue weighted by Crippen LogP contribution is -2.57. The summed E-state index contributed by atoms with van der Waals surface area (Å²) in [6.45, 7) is 9.84. The molecule has 0 aliphatic carbocycles. The van der Waals surface area contributed by atoms with Crippen LogP contribution in [0.25, 0.3) is 0 Å². The number of nitrogens with zero attached hydrogens (tertiary/aromatic N) is 2. The van der Waals surface area contributed by atoms with Gasteiger partial charge in [-0.15, -0.1) is 0 Å². The molecule has 9 nitrogen and oxygen atoms in total. The number of nitrogens with two attached hydrogens (primary N) is 2. The van der Waals surface area contributed by atoms with Crippen LogP contribution in [0.1, 0.15) is 45.4 Å². The molecular formula is C26H37N5O4. The quantitative estimate of drug-likeness (QED) is 0.448. The van der Waals surface area contributed by atoms with Crippen molar-refractivity contribution >= 4 is 29.1 Å². The Bertz CT molecular complexity index is 1030. The number of carbonyl (C=O) groups excluding carboxylic acids is 3. The molecule has 1 aliphatic heterocycles. The molecule has 2 aromatic rings. The van der Waals surface area contributed by atoms with Gasteiger partial charge in [-0.1, -0.05) is 26.0 Å². The molecule has 3 atom stereocenters. The first-order valence-electron chi connectivity index (χ1n) is 12.2. The van der Waals surface area contributed by atoms with Crippen LogP contribution < -0.4 is 26.6 Å². The van der Waals surface area contributed by atoms with Crippen molar-refractivity contribution in [3.8, 4) is 0 Å². The summed E-state index contributed by atoms with van der Waals surface area (Å²) in [5.41, 5.74) is 14.1. The van der Waals surface area contributed by atoms with Gasteiger partial charge >= 0.3 is 0 Å². The smallest absolute Gasteiger partial charge is 0.250 e. The molecule has 0 bridgehead atoms. The van der Waals surface area contributed by atoms with Gasteiger partial charge < -0.3 is 31.0 Å². The minimum Gasteiger partial charge on any atom is -0.467 e. The zero-order chi connectivity index (χ0) is 25.7. The van der Waals surface area contributed by atoms with Crippen molar-refractivity contribution < 1.29 is 18.8 Å². The largest absolute Gasteiger partial charge is 0.467 e. The van der Waals surface area contributed by atoms with Gasteiger partial charge in [-0.3, -0.25) is 14.4 Å². The van der Waals surface area contributed by atoms with E-state index in [0.717, 1.165) is 30.0 Å². The lowest BCUT2D eigenvalue weighted by atomic mass is 9.88. The third-order valence-electron chi connectivity index (χ3n) is 6.50. The molecule has 5 N–H and O–H groups in total. The Morgan fingerprint density at radius 1 is 1.20 bits per heavy atom. The Hall–Kier alpha value is -3.33. The van der Waals surface area contributed by atoms with Gasteiger partial charge in [0.2, 0.25) is 17.7 Å². The molecule has 3 amide bonds. The van der Waals surface area contributed by atoms with Gasteiger partial charge in [0, 0.05) is 19.5 Å². The van der Waals surface area contributed by atoms with Gasteiger partial charge in [-0.2, -0.15) is 0 Å². The standard InChI is InChI=1S/C26H37N5O4/c1-5-30(6-2)21-11-7-9-17-14-20(26(34)31(23(17)21)15-18-10-8-12-35-18)29-25(33)19(13-16(3)4)22(27)24(28)32/h7-12,16,19-20,22H,5-6,13-15,27H2,1-4H3,(H2,28,32)(H,29,33). The SMILES string of the molecule is CCN(CC)c1cccc2c1N(Cc1ccco1)C(=O)C(NC(=O)C(CC(C)C)C(N)C(N)=O)C2. The molecule has 1 aromatic heterocycles. The predicted octanol–water partition coefficient (Wildman–Crippen LogP) is 2.17. The first-order chi connectivity index (χ1) is 16.7. The average Bonchev–Trinajstić information content (AvgIpc) is 3.33. The van der Waals surface area contributed by atoms with Crippen LogP contribution in [0.15, 0.2) is 41.0 Å². The summed E-state index contributed by atoms with van der Waals surface area (Å²) >= 11 is 0. The Morgan fingerprint density at radius 3 is 2.49 bits per heavy atom. The maximum Gasteiger partial charge on any atom is 0.250 e. The highest BCUT2D eigenvalue weighted by molar-refractivity contribution is 6.05. The number of hydrogen-bond acceptors (Lipinski definition) is 6. The maximum atomic E-state index is 13.8. The van der Waals surface area contributed by atoms with Gasteiger partial charge in [0.1, 0.15) is 11.8 Å². The van der Waals surface area contributed by atoms with E-state index in [1.807, 2.05) is 38.1 Å². The van der Waals surface area contributed by atoms with E-state index in [-0.39, 0.29) is 18.4 Å². The number of amides is 3. The van der Waals surface area contributed by atoms with Crippen LogP contribution in [-0.2, 0) is 27.3 Å². The highest BCUT2D eigenvalue weighted by Crippen LogP contribution is 2.38. The number of furan rings is 1. The molecular weight excluding hydrogens is 446 g/mol. The molecule has 1 aliphatic rings. The van der Waals surface area contributed by atoms with Gasteiger partial charge in [0.05, 0.1) is 36.1 Å². The summed E-state index contributed by atoms with van der Waals surface area (Å²) in [5.74, 6) is -1.48. The monoisotopic (exact) mass is 483 g/mol. The molecule has 0 saturated carbocycles. The van der Waals surface area contributed by atoms with E-state index in [1.165, 1.54) is 0 Å². The number of fused-ring (bicyclic) bond motifs is 1. The van der Waals surface area contributed by atoms with E-state index in [0.29, 0.717) is 18.6 Å². The molecule has 1 aromatic carbocycles. The summed E-state index contributed by atoms with van der Waals surface area (Å²) in [7, 11) is 0. The number of benzene rings is 1. The van der Waals surface area contributed by atoms with E-state index in [9.17, 15) is 14.4 Å². The molecule has 3 rings (SSSR count). The lowest BCUT2D eigenvalue weighted by molar-refractivity contribution is -0.133. The summed E-state index contributed by atoms with van der Waals surface area (Å²) in [6, 6.07) is 7.63. The molecule has 9 heteroatoms. The summed E-state index contributed by atoms with van der Waals surface area (Å²) in [5, 5.41) is 2.87. The number of primary amides is 1. The molecule has 0 saturated heterocycles. The number of para-hydroxylation sites is 1. The second-order valence-electron chi connectivity index (χ2n) is 9.39. The maximum absolute atomic E-state index is 13.8. The Balaban J connectivity index is 1.97.